The monoisotopic (exact) mass is 317 g/mol. The van der Waals surface area contributed by atoms with E-state index in [1.807, 2.05) is 36.1 Å². The van der Waals surface area contributed by atoms with Crippen LogP contribution in [0.4, 0.5) is 0 Å². The molecule has 1 aliphatic rings. The van der Waals surface area contributed by atoms with E-state index in [2.05, 4.69) is 10.2 Å². The number of methoxy groups -OCH3 is 1. The molecule has 1 aromatic heterocycles. The van der Waals surface area contributed by atoms with Crippen molar-refractivity contribution in [3.05, 3.63) is 39.8 Å². The maximum atomic E-state index is 12.8. The molecule has 1 unspecified atom stereocenters. The SMILES string of the molecule is COc1ccccc1C(=O)N1CCCC(c2nnc(C)s2)C1. The van der Waals surface area contributed by atoms with Gasteiger partial charge >= 0.3 is 0 Å². The standard InChI is InChI=1S/C16H19N3O2S/c1-11-17-18-15(22-11)12-6-5-9-19(10-12)16(20)13-7-3-4-8-14(13)21-2/h3-4,7-8,12H,5-6,9-10H2,1-2H3. The second-order valence-electron chi connectivity index (χ2n) is 5.45. The number of likely N-dealkylation sites (tertiary alicyclic amines) is 1. The summed E-state index contributed by atoms with van der Waals surface area (Å²) in [6.45, 7) is 3.44. The lowest BCUT2D eigenvalue weighted by atomic mass is 9.98. The minimum Gasteiger partial charge on any atom is -0.496 e. The van der Waals surface area contributed by atoms with Gasteiger partial charge in [0.1, 0.15) is 15.8 Å². The minimum absolute atomic E-state index is 0.0309. The molecular weight excluding hydrogens is 298 g/mol. The van der Waals surface area contributed by atoms with E-state index in [1.54, 1.807) is 18.4 Å². The maximum absolute atomic E-state index is 12.8. The number of piperidine rings is 1. The van der Waals surface area contributed by atoms with Gasteiger partial charge in [0.25, 0.3) is 5.91 Å². The number of rotatable bonds is 3. The fraction of sp³-hybridized carbons (Fsp3) is 0.438. The molecule has 1 saturated heterocycles. The summed E-state index contributed by atoms with van der Waals surface area (Å²) < 4.78 is 5.30. The van der Waals surface area contributed by atoms with Gasteiger partial charge in [-0.3, -0.25) is 4.79 Å². The van der Waals surface area contributed by atoms with Gasteiger partial charge in [-0.1, -0.05) is 12.1 Å². The van der Waals surface area contributed by atoms with Gasteiger partial charge < -0.3 is 9.64 Å². The van der Waals surface area contributed by atoms with Crippen molar-refractivity contribution in [3.63, 3.8) is 0 Å². The average Bonchev–Trinajstić information content (AvgIpc) is 3.01. The van der Waals surface area contributed by atoms with E-state index < -0.39 is 0 Å². The molecular formula is C16H19N3O2S. The van der Waals surface area contributed by atoms with E-state index >= 15 is 0 Å². The number of hydrogen-bond donors (Lipinski definition) is 0. The Hall–Kier alpha value is -1.95. The van der Waals surface area contributed by atoms with E-state index in [0.717, 1.165) is 29.4 Å². The van der Waals surface area contributed by atoms with Crippen LogP contribution in [0.25, 0.3) is 0 Å². The van der Waals surface area contributed by atoms with Crippen molar-refractivity contribution in [2.75, 3.05) is 20.2 Å². The predicted octanol–water partition coefficient (Wildman–Crippen LogP) is 2.87. The molecule has 22 heavy (non-hydrogen) atoms. The lowest BCUT2D eigenvalue weighted by Gasteiger charge is -2.32. The van der Waals surface area contributed by atoms with Gasteiger partial charge in [0.05, 0.1) is 12.7 Å². The first-order valence-electron chi connectivity index (χ1n) is 7.41. The smallest absolute Gasteiger partial charge is 0.257 e. The Bertz CT molecular complexity index is 671. The van der Waals surface area contributed by atoms with Crippen LogP contribution in [0.15, 0.2) is 24.3 Å². The van der Waals surface area contributed by atoms with Gasteiger partial charge in [0.15, 0.2) is 0 Å². The Labute approximate surface area is 133 Å². The summed E-state index contributed by atoms with van der Waals surface area (Å²) >= 11 is 1.63. The Morgan fingerprint density at radius 3 is 2.91 bits per heavy atom. The summed E-state index contributed by atoms with van der Waals surface area (Å²) in [6, 6.07) is 7.38. The molecule has 0 radical (unpaired) electrons. The van der Waals surface area contributed by atoms with Gasteiger partial charge in [0, 0.05) is 19.0 Å². The third kappa shape index (κ3) is 2.97. The number of ether oxygens (including phenoxy) is 1. The van der Waals surface area contributed by atoms with Crippen molar-refractivity contribution in [2.45, 2.75) is 25.7 Å². The molecule has 0 N–H and O–H groups in total. The van der Waals surface area contributed by atoms with Crippen LogP contribution >= 0.6 is 11.3 Å². The second kappa shape index (κ2) is 6.44. The Kier molecular flexibility index (Phi) is 4.38. The molecule has 1 aliphatic heterocycles. The number of carbonyl (C=O) groups excluding carboxylic acids is 1. The molecule has 1 atom stereocenters. The van der Waals surface area contributed by atoms with Crippen LogP contribution < -0.4 is 4.74 Å². The average molecular weight is 317 g/mol. The highest BCUT2D eigenvalue weighted by Gasteiger charge is 2.28. The van der Waals surface area contributed by atoms with Gasteiger partial charge in [-0.15, -0.1) is 21.5 Å². The number of hydrogen-bond acceptors (Lipinski definition) is 5. The first-order valence-corrected chi connectivity index (χ1v) is 8.23. The van der Waals surface area contributed by atoms with Crippen molar-refractivity contribution in [1.82, 2.24) is 15.1 Å². The molecule has 1 fully saturated rings. The quantitative estimate of drug-likeness (QED) is 0.873. The number of benzene rings is 1. The minimum atomic E-state index is 0.0309. The Balaban J connectivity index is 1.78. The summed E-state index contributed by atoms with van der Waals surface area (Å²) in [7, 11) is 1.59. The zero-order valence-electron chi connectivity index (χ0n) is 12.8. The molecule has 0 bridgehead atoms. The second-order valence-corrected chi connectivity index (χ2v) is 6.66. The van der Waals surface area contributed by atoms with Crippen LogP contribution in [-0.2, 0) is 0 Å². The lowest BCUT2D eigenvalue weighted by Crippen LogP contribution is -2.39. The third-order valence-electron chi connectivity index (χ3n) is 3.94. The molecule has 5 nitrogen and oxygen atoms in total. The number of amides is 1. The first kappa shape index (κ1) is 15.0. The van der Waals surface area contributed by atoms with Gasteiger partial charge in [-0.05, 0) is 31.9 Å². The Morgan fingerprint density at radius 2 is 2.18 bits per heavy atom. The van der Waals surface area contributed by atoms with E-state index in [0.29, 0.717) is 23.8 Å². The summed E-state index contributed by atoms with van der Waals surface area (Å²) in [6.07, 6.45) is 2.05. The van der Waals surface area contributed by atoms with E-state index in [4.69, 9.17) is 4.74 Å². The number of aromatic nitrogens is 2. The number of aryl methyl sites for hydroxylation is 1. The topological polar surface area (TPSA) is 55.3 Å². The van der Waals surface area contributed by atoms with Crippen molar-refractivity contribution < 1.29 is 9.53 Å². The van der Waals surface area contributed by atoms with Crippen molar-refractivity contribution in [3.8, 4) is 5.75 Å². The fourth-order valence-corrected chi connectivity index (χ4v) is 3.66. The third-order valence-corrected chi connectivity index (χ3v) is 4.94. The van der Waals surface area contributed by atoms with Gasteiger partial charge in [-0.2, -0.15) is 0 Å². The largest absolute Gasteiger partial charge is 0.496 e. The highest BCUT2D eigenvalue weighted by Crippen LogP contribution is 2.30. The molecule has 2 aromatic rings. The van der Waals surface area contributed by atoms with Gasteiger partial charge in [-0.25, -0.2) is 0 Å². The molecule has 0 aliphatic carbocycles. The number of nitrogens with zero attached hydrogens (tertiary/aromatic N) is 3. The number of para-hydroxylation sites is 1. The van der Waals surface area contributed by atoms with Crippen LogP contribution in [0.5, 0.6) is 5.75 Å². The lowest BCUT2D eigenvalue weighted by molar-refractivity contribution is 0.0703. The summed E-state index contributed by atoms with van der Waals surface area (Å²) in [5.41, 5.74) is 0.624. The van der Waals surface area contributed by atoms with Crippen molar-refractivity contribution in [2.24, 2.45) is 0 Å². The summed E-state index contributed by atoms with van der Waals surface area (Å²) in [5, 5.41) is 10.4. The zero-order chi connectivity index (χ0) is 15.5. The van der Waals surface area contributed by atoms with Crippen LogP contribution in [0.3, 0.4) is 0 Å². The molecule has 1 aromatic carbocycles. The van der Waals surface area contributed by atoms with Crippen molar-refractivity contribution in [1.29, 1.82) is 0 Å². The van der Waals surface area contributed by atoms with Crippen LogP contribution in [0, 0.1) is 6.92 Å². The van der Waals surface area contributed by atoms with E-state index in [9.17, 15) is 4.79 Å². The summed E-state index contributed by atoms with van der Waals surface area (Å²) in [5.74, 6) is 0.948. The Morgan fingerprint density at radius 1 is 1.36 bits per heavy atom. The van der Waals surface area contributed by atoms with Gasteiger partial charge in [0.2, 0.25) is 0 Å². The molecule has 2 heterocycles. The van der Waals surface area contributed by atoms with Crippen LogP contribution in [-0.4, -0.2) is 41.2 Å². The first-order chi connectivity index (χ1) is 10.7. The van der Waals surface area contributed by atoms with E-state index in [1.165, 1.54) is 0 Å². The summed E-state index contributed by atoms with van der Waals surface area (Å²) in [4.78, 5) is 14.7. The highest BCUT2D eigenvalue weighted by molar-refractivity contribution is 7.11. The van der Waals surface area contributed by atoms with Crippen molar-refractivity contribution >= 4 is 17.2 Å². The fourth-order valence-electron chi connectivity index (χ4n) is 2.83. The normalized spacial score (nSPS) is 18.3. The molecule has 0 spiro atoms. The molecule has 3 rings (SSSR count). The zero-order valence-corrected chi connectivity index (χ0v) is 13.6. The molecule has 1 amide bonds. The molecule has 116 valence electrons. The number of carbonyl (C=O) groups is 1. The predicted molar refractivity (Wildman–Crippen MR) is 85.5 cm³/mol. The van der Waals surface area contributed by atoms with E-state index in [-0.39, 0.29) is 5.91 Å². The molecule has 6 heteroatoms. The molecule has 0 saturated carbocycles. The van der Waals surface area contributed by atoms with Crippen LogP contribution in [0.1, 0.15) is 39.1 Å². The highest BCUT2D eigenvalue weighted by atomic mass is 32.1. The maximum Gasteiger partial charge on any atom is 0.257 e. The van der Waals surface area contributed by atoms with Crippen LogP contribution in [0.2, 0.25) is 0 Å².